The lowest BCUT2D eigenvalue weighted by atomic mass is 9.95. The number of aryl methyl sites for hydroxylation is 1. The Morgan fingerprint density at radius 3 is 2.44 bits per heavy atom. The first-order chi connectivity index (χ1) is 11.9. The van der Waals surface area contributed by atoms with Gasteiger partial charge in [-0.15, -0.1) is 0 Å². The molecule has 0 aliphatic carbocycles. The van der Waals surface area contributed by atoms with E-state index in [2.05, 4.69) is 26.1 Å². The molecule has 0 bridgehead atoms. The molecule has 0 saturated carbocycles. The van der Waals surface area contributed by atoms with Gasteiger partial charge in [-0.25, -0.2) is 0 Å². The van der Waals surface area contributed by atoms with E-state index in [9.17, 15) is 9.59 Å². The molecule has 138 valence electrons. The molecule has 1 saturated heterocycles. The predicted octanol–water partition coefficient (Wildman–Crippen LogP) is 3.28. The fraction of sp³-hybridized carbons (Fsp3) is 0.579. The number of piperidine rings is 1. The van der Waals surface area contributed by atoms with Crippen molar-refractivity contribution in [2.45, 2.75) is 33.6 Å². The number of carbonyl (C=O) groups excluding carboxylic acids is 2. The van der Waals surface area contributed by atoms with E-state index in [1.807, 2.05) is 43.9 Å². The minimum Gasteiger partial charge on any atom is -0.343 e. The summed E-state index contributed by atoms with van der Waals surface area (Å²) in [6.45, 7) is 9.52. The molecule has 1 aromatic rings. The highest BCUT2D eigenvalue weighted by atomic mass is 79.9. The second-order valence-corrected chi connectivity index (χ2v) is 7.48. The Morgan fingerprint density at radius 1 is 1.24 bits per heavy atom. The van der Waals surface area contributed by atoms with Crippen molar-refractivity contribution >= 4 is 33.4 Å². The summed E-state index contributed by atoms with van der Waals surface area (Å²) in [4.78, 5) is 28.8. The number of carbonyl (C=O) groups is 2. The average Bonchev–Trinajstić information content (AvgIpc) is 2.59. The molecule has 5 nitrogen and oxygen atoms in total. The van der Waals surface area contributed by atoms with Gasteiger partial charge in [0.2, 0.25) is 11.8 Å². The van der Waals surface area contributed by atoms with Gasteiger partial charge in [0.1, 0.15) is 0 Å². The van der Waals surface area contributed by atoms with Gasteiger partial charge in [-0.2, -0.15) is 0 Å². The third-order valence-electron chi connectivity index (χ3n) is 4.84. The summed E-state index contributed by atoms with van der Waals surface area (Å²) in [5.74, 6) is 0.367. The lowest BCUT2D eigenvalue weighted by Gasteiger charge is -2.33. The normalized spacial score (nSPS) is 15.8. The van der Waals surface area contributed by atoms with Crippen LogP contribution in [-0.4, -0.2) is 54.3 Å². The first kappa shape index (κ1) is 19.9. The molecule has 2 rings (SSSR count). The standard InChI is InChI=1S/C19H28BrN3O2/c1-4-23(5-2)19(25)15-8-10-22(11-9-15)13-18(24)21-17-7-6-16(20)12-14(17)3/h6-7,12,15H,4-5,8-11,13H2,1-3H3,(H,21,24). The second kappa shape index (κ2) is 9.34. The second-order valence-electron chi connectivity index (χ2n) is 6.57. The first-order valence-corrected chi connectivity index (χ1v) is 9.81. The molecule has 1 N–H and O–H groups in total. The van der Waals surface area contributed by atoms with Crippen LogP contribution in [0, 0.1) is 12.8 Å². The largest absolute Gasteiger partial charge is 0.343 e. The van der Waals surface area contributed by atoms with E-state index in [0.717, 1.165) is 54.7 Å². The van der Waals surface area contributed by atoms with Crippen LogP contribution in [0.15, 0.2) is 22.7 Å². The molecule has 6 heteroatoms. The molecule has 0 aromatic heterocycles. The lowest BCUT2D eigenvalue weighted by molar-refractivity contribution is -0.136. The topological polar surface area (TPSA) is 52.7 Å². The van der Waals surface area contributed by atoms with Crippen molar-refractivity contribution in [1.82, 2.24) is 9.80 Å². The van der Waals surface area contributed by atoms with Gasteiger partial charge in [0.15, 0.2) is 0 Å². The van der Waals surface area contributed by atoms with E-state index in [1.54, 1.807) is 0 Å². The minimum absolute atomic E-state index is 0.000980. The first-order valence-electron chi connectivity index (χ1n) is 9.01. The molecule has 1 aromatic carbocycles. The smallest absolute Gasteiger partial charge is 0.238 e. The number of hydrogen-bond donors (Lipinski definition) is 1. The van der Waals surface area contributed by atoms with Crippen molar-refractivity contribution in [1.29, 1.82) is 0 Å². The molecule has 0 atom stereocenters. The fourth-order valence-corrected chi connectivity index (χ4v) is 3.77. The highest BCUT2D eigenvalue weighted by molar-refractivity contribution is 9.10. The Morgan fingerprint density at radius 2 is 1.88 bits per heavy atom. The Kier molecular flexibility index (Phi) is 7.44. The number of hydrogen-bond acceptors (Lipinski definition) is 3. The Labute approximate surface area is 158 Å². The molecule has 1 aliphatic heterocycles. The zero-order chi connectivity index (χ0) is 18.4. The zero-order valence-electron chi connectivity index (χ0n) is 15.3. The van der Waals surface area contributed by atoms with E-state index >= 15 is 0 Å². The maximum absolute atomic E-state index is 12.4. The summed E-state index contributed by atoms with van der Waals surface area (Å²) < 4.78 is 1.00. The van der Waals surface area contributed by atoms with Crippen molar-refractivity contribution in [3.63, 3.8) is 0 Å². The van der Waals surface area contributed by atoms with E-state index in [1.165, 1.54) is 0 Å². The number of likely N-dealkylation sites (tertiary alicyclic amines) is 1. The van der Waals surface area contributed by atoms with Crippen LogP contribution >= 0.6 is 15.9 Å². The van der Waals surface area contributed by atoms with Crippen LogP contribution in [-0.2, 0) is 9.59 Å². The van der Waals surface area contributed by atoms with Crippen LogP contribution in [0.5, 0.6) is 0 Å². The van der Waals surface area contributed by atoms with Crippen molar-refractivity contribution < 1.29 is 9.59 Å². The van der Waals surface area contributed by atoms with Crippen LogP contribution < -0.4 is 5.32 Å². The number of nitrogens with one attached hydrogen (secondary N) is 1. The van der Waals surface area contributed by atoms with Gasteiger partial charge in [0.25, 0.3) is 0 Å². The monoisotopic (exact) mass is 409 g/mol. The van der Waals surface area contributed by atoms with Gasteiger partial charge < -0.3 is 10.2 Å². The van der Waals surface area contributed by atoms with E-state index in [-0.39, 0.29) is 17.7 Å². The summed E-state index contributed by atoms with van der Waals surface area (Å²) in [6, 6.07) is 5.82. The molecule has 25 heavy (non-hydrogen) atoms. The molecule has 1 aliphatic rings. The number of nitrogens with zero attached hydrogens (tertiary/aromatic N) is 2. The zero-order valence-corrected chi connectivity index (χ0v) is 16.9. The molecule has 2 amide bonds. The Balaban J connectivity index is 1.81. The third kappa shape index (κ3) is 5.54. The molecule has 1 fully saturated rings. The van der Waals surface area contributed by atoms with Gasteiger partial charge >= 0.3 is 0 Å². The molecule has 0 radical (unpaired) electrons. The third-order valence-corrected chi connectivity index (χ3v) is 5.33. The molecular formula is C19H28BrN3O2. The van der Waals surface area contributed by atoms with Gasteiger partial charge in [0, 0.05) is 29.2 Å². The molecule has 1 heterocycles. The highest BCUT2D eigenvalue weighted by Crippen LogP contribution is 2.21. The Hall–Kier alpha value is -1.40. The van der Waals surface area contributed by atoms with Crippen molar-refractivity contribution in [3.05, 3.63) is 28.2 Å². The average molecular weight is 410 g/mol. The van der Waals surface area contributed by atoms with Crippen molar-refractivity contribution in [3.8, 4) is 0 Å². The van der Waals surface area contributed by atoms with Crippen LogP contribution in [0.4, 0.5) is 5.69 Å². The summed E-state index contributed by atoms with van der Waals surface area (Å²) in [6.07, 6.45) is 1.67. The van der Waals surface area contributed by atoms with Crippen LogP contribution in [0.3, 0.4) is 0 Å². The summed E-state index contributed by atoms with van der Waals surface area (Å²) >= 11 is 3.43. The van der Waals surface area contributed by atoms with Crippen molar-refractivity contribution in [2.24, 2.45) is 5.92 Å². The van der Waals surface area contributed by atoms with Crippen molar-refractivity contribution in [2.75, 3.05) is 38.0 Å². The van der Waals surface area contributed by atoms with Crippen LogP contribution in [0.2, 0.25) is 0 Å². The van der Waals surface area contributed by atoms with E-state index in [0.29, 0.717) is 6.54 Å². The SMILES string of the molecule is CCN(CC)C(=O)C1CCN(CC(=O)Nc2ccc(Br)cc2C)CC1. The number of rotatable bonds is 6. The van der Waals surface area contributed by atoms with Gasteiger partial charge in [-0.3, -0.25) is 14.5 Å². The number of anilines is 1. The quantitative estimate of drug-likeness (QED) is 0.783. The van der Waals surface area contributed by atoms with E-state index in [4.69, 9.17) is 0 Å². The lowest BCUT2D eigenvalue weighted by Crippen LogP contribution is -2.44. The molecular weight excluding hydrogens is 382 g/mol. The molecule has 0 spiro atoms. The van der Waals surface area contributed by atoms with Gasteiger partial charge in [0.05, 0.1) is 6.54 Å². The van der Waals surface area contributed by atoms with Gasteiger partial charge in [-0.05, 0) is 70.5 Å². The van der Waals surface area contributed by atoms with Gasteiger partial charge in [-0.1, -0.05) is 15.9 Å². The van der Waals surface area contributed by atoms with Crippen LogP contribution in [0.25, 0.3) is 0 Å². The highest BCUT2D eigenvalue weighted by Gasteiger charge is 2.28. The maximum atomic E-state index is 12.4. The maximum Gasteiger partial charge on any atom is 0.238 e. The fourth-order valence-electron chi connectivity index (χ4n) is 3.29. The van der Waals surface area contributed by atoms with Crippen LogP contribution in [0.1, 0.15) is 32.3 Å². The number of benzene rings is 1. The summed E-state index contributed by atoms with van der Waals surface area (Å²) in [5.41, 5.74) is 1.88. The minimum atomic E-state index is -0.000980. The summed E-state index contributed by atoms with van der Waals surface area (Å²) in [7, 11) is 0. The number of amides is 2. The summed E-state index contributed by atoms with van der Waals surface area (Å²) in [5, 5.41) is 2.98. The number of halogens is 1. The van der Waals surface area contributed by atoms with E-state index < -0.39 is 0 Å². The Bertz CT molecular complexity index is 609. The predicted molar refractivity (Wildman–Crippen MR) is 105 cm³/mol. The molecule has 0 unspecified atom stereocenters.